The molecule has 0 spiro atoms. The number of nitrogens with zero attached hydrogens (tertiary/aromatic N) is 7. The number of methoxy groups -OCH3 is 1. The van der Waals surface area contributed by atoms with Crippen LogP contribution in [0.15, 0.2) is 53.8 Å². The molecule has 6 rings (SSSR count). The van der Waals surface area contributed by atoms with Crippen molar-refractivity contribution < 1.29 is 17.9 Å². The topological polar surface area (TPSA) is 80.8 Å². The van der Waals surface area contributed by atoms with E-state index < -0.39 is 17.3 Å². The summed E-state index contributed by atoms with van der Waals surface area (Å²) in [5.41, 5.74) is 0.143. The number of benzene rings is 1. The largest absolute Gasteiger partial charge is 0.497 e. The highest BCUT2D eigenvalue weighted by Crippen LogP contribution is 2.34. The number of rotatable bonds is 5. The molecule has 1 aliphatic heterocycles. The lowest BCUT2D eigenvalue weighted by atomic mass is 10.2. The fourth-order valence-electron chi connectivity index (χ4n) is 4.76. The minimum absolute atomic E-state index is 0.0355. The monoisotopic (exact) mass is 555 g/mol. The lowest BCUT2D eigenvalue weighted by Gasteiger charge is -2.34. The smallest absolute Gasteiger partial charge is 0.420 e. The molecule has 0 amide bonds. The van der Waals surface area contributed by atoms with E-state index >= 15 is 0 Å². The number of pyridine rings is 1. The van der Waals surface area contributed by atoms with Gasteiger partial charge in [-0.3, -0.25) is 14.3 Å². The summed E-state index contributed by atoms with van der Waals surface area (Å²) in [5.74, 6) is 0.824. The van der Waals surface area contributed by atoms with E-state index in [1.807, 2.05) is 12.1 Å². The average Bonchev–Trinajstić information content (AvgIpc) is 3.52. The molecule has 0 saturated carbocycles. The number of alkyl halides is 3. The van der Waals surface area contributed by atoms with Gasteiger partial charge in [-0.2, -0.15) is 13.2 Å². The van der Waals surface area contributed by atoms with Gasteiger partial charge >= 0.3 is 6.18 Å². The predicted octanol–water partition coefficient (Wildman–Crippen LogP) is 4.15. The summed E-state index contributed by atoms with van der Waals surface area (Å²) in [6, 6.07) is 8.93. The summed E-state index contributed by atoms with van der Waals surface area (Å²) in [5, 5.41) is 0.674. The van der Waals surface area contributed by atoms with Crippen LogP contribution in [0.25, 0.3) is 21.7 Å². The molecule has 0 bridgehead atoms. The Kier molecular flexibility index (Phi) is 6.26. The first kappa shape index (κ1) is 25.3. The fourth-order valence-corrected chi connectivity index (χ4v) is 5.71. The van der Waals surface area contributed by atoms with Crippen LogP contribution in [0.4, 0.5) is 18.3 Å². The Bertz CT molecular complexity index is 1720. The van der Waals surface area contributed by atoms with E-state index in [1.165, 1.54) is 40.0 Å². The number of aromatic nitrogens is 5. The molecule has 1 saturated heterocycles. The molecular formula is C26H24F3N7O2S. The van der Waals surface area contributed by atoms with Crippen molar-refractivity contribution in [3.8, 4) is 11.4 Å². The number of anilines is 1. The standard InChI is InChI=1S/C26H24F3N7O2S/c1-16-12-35-14-18(11-20(22(35)31-16)26(27,28)29)36-15-30-23-21(24(36)37)32-25(39-23)34-9-7-33(8-10-34)13-17-3-5-19(38-2)6-4-17/h3-6,11-12,14-15H,7-10,13H2,1-2H3. The molecule has 1 fully saturated rings. The Morgan fingerprint density at radius 2 is 1.79 bits per heavy atom. The van der Waals surface area contributed by atoms with Crippen LogP contribution >= 0.6 is 11.3 Å². The molecule has 4 aromatic heterocycles. The predicted molar refractivity (Wildman–Crippen MR) is 142 cm³/mol. The Balaban J connectivity index is 1.25. The lowest BCUT2D eigenvalue weighted by molar-refractivity contribution is -0.136. The molecule has 0 atom stereocenters. The van der Waals surface area contributed by atoms with Gasteiger partial charge in [-0.1, -0.05) is 23.5 Å². The van der Waals surface area contributed by atoms with Gasteiger partial charge < -0.3 is 14.0 Å². The first-order valence-corrected chi connectivity index (χ1v) is 13.1. The van der Waals surface area contributed by atoms with Crippen LogP contribution in [0.5, 0.6) is 5.75 Å². The highest BCUT2D eigenvalue weighted by Gasteiger charge is 2.35. The maximum Gasteiger partial charge on any atom is 0.420 e. The summed E-state index contributed by atoms with van der Waals surface area (Å²) >= 11 is 1.31. The van der Waals surface area contributed by atoms with Crippen molar-refractivity contribution in [3.63, 3.8) is 0 Å². The maximum absolute atomic E-state index is 13.8. The molecule has 0 aliphatic carbocycles. The van der Waals surface area contributed by atoms with Crippen molar-refractivity contribution in [2.45, 2.75) is 19.6 Å². The van der Waals surface area contributed by atoms with E-state index in [4.69, 9.17) is 4.74 Å². The molecule has 0 radical (unpaired) electrons. The van der Waals surface area contributed by atoms with Crippen molar-refractivity contribution in [2.24, 2.45) is 0 Å². The second-order valence-electron chi connectivity index (χ2n) is 9.40. The van der Waals surface area contributed by atoms with Crippen LogP contribution in [0.1, 0.15) is 16.8 Å². The number of ether oxygens (including phenoxy) is 1. The van der Waals surface area contributed by atoms with Gasteiger partial charge in [0.25, 0.3) is 5.56 Å². The van der Waals surface area contributed by atoms with E-state index in [0.717, 1.165) is 49.1 Å². The molecular weight excluding hydrogens is 531 g/mol. The van der Waals surface area contributed by atoms with Crippen LogP contribution < -0.4 is 15.2 Å². The normalized spacial score (nSPS) is 14.9. The average molecular weight is 556 g/mol. The Hall–Kier alpha value is -3.97. The number of aryl methyl sites for hydroxylation is 1. The molecule has 13 heteroatoms. The van der Waals surface area contributed by atoms with E-state index in [2.05, 4.69) is 36.9 Å². The molecule has 9 nitrogen and oxygen atoms in total. The van der Waals surface area contributed by atoms with E-state index in [1.54, 1.807) is 14.0 Å². The second-order valence-corrected chi connectivity index (χ2v) is 10.4. The van der Waals surface area contributed by atoms with Crippen LogP contribution in [0, 0.1) is 6.92 Å². The number of hydrogen-bond acceptors (Lipinski definition) is 8. The lowest BCUT2D eigenvalue weighted by Crippen LogP contribution is -2.45. The summed E-state index contributed by atoms with van der Waals surface area (Å²) in [4.78, 5) is 31.2. The number of piperazine rings is 1. The number of fused-ring (bicyclic) bond motifs is 2. The Labute approximate surface area is 224 Å². The zero-order valence-corrected chi connectivity index (χ0v) is 22.0. The minimum atomic E-state index is -4.64. The molecule has 39 heavy (non-hydrogen) atoms. The third-order valence-corrected chi connectivity index (χ3v) is 7.78. The van der Waals surface area contributed by atoms with Gasteiger partial charge in [0.05, 0.1) is 18.5 Å². The Morgan fingerprint density at radius 1 is 1.05 bits per heavy atom. The quantitative estimate of drug-likeness (QED) is 0.322. The molecule has 0 unspecified atom stereocenters. The van der Waals surface area contributed by atoms with Gasteiger partial charge in [0.15, 0.2) is 15.5 Å². The van der Waals surface area contributed by atoms with Crippen molar-refractivity contribution in [3.05, 3.63) is 76.2 Å². The number of imidazole rings is 1. The van der Waals surface area contributed by atoms with Gasteiger partial charge in [-0.15, -0.1) is 0 Å². The molecule has 202 valence electrons. The first-order chi connectivity index (χ1) is 18.7. The van der Waals surface area contributed by atoms with Gasteiger partial charge in [-0.25, -0.2) is 15.0 Å². The summed E-state index contributed by atoms with van der Waals surface area (Å²) in [6.45, 7) is 5.55. The van der Waals surface area contributed by atoms with Gasteiger partial charge in [0.2, 0.25) is 0 Å². The van der Waals surface area contributed by atoms with E-state index in [9.17, 15) is 18.0 Å². The summed E-state index contributed by atoms with van der Waals surface area (Å²) in [6.07, 6.45) is -0.459. The molecule has 0 N–H and O–H groups in total. The molecule has 1 aromatic carbocycles. The zero-order valence-electron chi connectivity index (χ0n) is 21.1. The minimum Gasteiger partial charge on any atom is -0.497 e. The van der Waals surface area contributed by atoms with Crippen LogP contribution in [0.3, 0.4) is 0 Å². The summed E-state index contributed by atoms with van der Waals surface area (Å²) < 4.78 is 49.0. The summed E-state index contributed by atoms with van der Waals surface area (Å²) in [7, 11) is 1.64. The number of thiazole rings is 1. The molecule has 5 heterocycles. The van der Waals surface area contributed by atoms with Crippen molar-refractivity contribution >= 4 is 32.5 Å². The molecule has 1 aliphatic rings. The van der Waals surface area contributed by atoms with E-state index in [-0.39, 0.29) is 16.9 Å². The molecule has 5 aromatic rings. The maximum atomic E-state index is 13.8. The number of hydrogen-bond donors (Lipinski definition) is 0. The van der Waals surface area contributed by atoms with Crippen LogP contribution in [-0.4, -0.2) is 62.1 Å². The second kappa shape index (κ2) is 9.65. The van der Waals surface area contributed by atoms with Crippen molar-refractivity contribution in [1.82, 2.24) is 28.8 Å². The third-order valence-electron chi connectivity index (χ3n) is 6.76. The zero-order chi connectivity index (χ0) is 27.3. The third kappa shape index (κ3) is 4.83. The van der Waals surface area contributed by atoms with Gasteiger partial charge in [0, 0.05) is 45.1 Å². The van der Waals surface area contributed by atoms with Crippen molar-refractivity contribution in [1.29, 1.82) is 0 Å². The van der Waals surface area contributed by atoms with Crippen molar-refractivity contribution in [2.75, 3.05) is 38.2 Å². The van der Waals surface area contributed by atoms with Gasteiger partial charge in [-0.05, 0) is 30.7 Å². The fraction of sp³-hybridized carbons (Fsp3) is 0.308. The van der Waals surface area contributed by atoms with Crippen LogP contribution in [-0.2, 0) is 12.7 Å². The van der Waals surface area contributed by atoms with Crippen LogP contribution in [0.2, 0.25) is 0 Å². The highest BCUT2D eigenvalue weighted by atomic mass is 32.1. The first-order valence-electron chi connectivity index (χ1n) is 12.2. The Morgan fingerprint density at radius 3 is 2.49 bits per heavy atom. The SMILES string of the molecule is COc1ccc(CN2CCN(c3nc4c(=O)n(-c5cc(C(F)(F)F)c6nc(C)cn6c5)cnc4s3)CC2)cc1. The highest BCUT2D eigenvalue weighted by molar-refractivity contribution is 7.21. The van der Waals surface area contributed by atoms with Gasteiger partial charge in [0.1, 0.15) is 23.3 Å². The van der Waals surface area contributed by atoms with E-state index in [0.29, 0.717) is 15.7 Å². The number of halogens is 3.